The Bertz CT molecular complexity index is 1450. The zero-order chi connectivity index (χ0) is 25.5. The Morgan fingerprint density at radius 2 is 1.47 bits per heavy atom. The summed E-state index contributed by atoms with van der Waals surface area (Å²) in [6, 6.07) is 19.4. The van der Waals surface area contributed by atoms with E-state index in [1.165, 1.54) is 0 Å². The molecule has 0 saturated carbocycles. The third-order valence-corrected chi connectivity index (χ3v) is 7.30. The number of benzene rings is 3. The van der Waals surface area contributed by atoms with Crippen LogP contribution in [0.3, 0.4) is 0 Å². The Balaban J connectivity index is 0.00000294. The molecular formula is C29H26ClN3O5. The Morgan fingerprint density at radius 1 is 0.842 bits per heavy atom. The lowest BCUT2D eigenvalue weighted by Gasteiger charge is -2.40. The summed E-state index contributed by atoms with van der Waals surface area (Å²) in [6.45, 7) is 1.82. The average Bonchev–Trinajstić information content (AvgIpc) is 2.92. The third kappa shape index (κ3) is 4.57. The monoisotopic (exact) mass is 531 g/mol. The van der Waals surface area contributed by atoms with E-state index in [1.807, 2.05) is 24.3 Å². The van der Waals surface area contributed by atoms with Crippen LogP contribution >= 0.6 is 12.4 Å². The summed E-state index contributed by atoms with van der Waals surface area (Å²) >= 11 is 0. The number of nitrogens with one attached hydrogen (secondary N) is 1. The fourth-order valence-electron chi connectivity index (χ4n) is 5.44. The Hall–Kier alpha value is -4.01. The number of fused-ring (bicyclic) bond motifs is 3. The molecule has 2 amide bonds. The van der Waals surface area contributed by atoms with Gasteiger partial charge in [-0.25, -0.2) is 4.79 Å². The van der Waals surface area contributed by atoms with Crippen molar-refractivity contribution in [2.45, 2.75) is 25.5 Å². The molecular weight excluding hydrogens is 506 g/mol. The summed E-state index contributed by atoms with van der Waals surface area (Å²) in [5.41, 5.74) is 3.81. The molecule has 6 rings (SSSR count). The highest BCUT2D eigenvalue weighted by molar-refractivity contribution is 6.28. The summed E-state index contributed by atoms with van der Waals surface area (Å²) in [6.07, 6.45) is 1.13. The number of hydrogen-bond donors (Lipinski definition) is 1. The predicted molar refractivity (Wildman–Crippen MR) is 144 cm³/mol. The van der Waals surface area contributed by atoms with Crippen molar-refractivity contribution >= 4 is 47.3 Å². The Kier molecular flexibility index (Phi) is 7.01. The number of nitrogens with zero attached hydrogens (tertiary/aromatic N) is 2. The number of amides is 2. The van der Waals surface area contributed by atoms with Crippen LogP contribution in [0, 0.1) is 0 Å². The molecule has 8 nitrogen and oxygen atoms in total. The number of para-hydroxylation sites is 1. The van der Waals surface area contributed by atoms with Gasteiger partial charge in [0.25, 0.3) is 0 Å². The van der Waals surface area contributed by atoms with Crippen molar-refractivity contribution < 1.29 is 23.9 Å². The summed E-state index contributed by atoms with van der Waals surface area (Å²) in [5, 5.41) is 2.86. The lowest BCUT2D eigenvalue weighted by molar-refractivity contribution is -0.117. The topological polar surface area (TPSA) is 96.0 Å². The average molecular weight is 532 g/mol. The van der Waals surface area contributed by atoms with E-state index in [-0.39, 0.29) is 48.6 Å². The number of ketones is 2. The predicted octanol–water partition coefficient (Wildman–Crippen LogP) is 4.44. The molecule has 9 heteroatoms. The van der Waals surface area contributed by atoms with Crippen LogP contribution in [0.2, 0.25) is 0 Å². The van der Waals surface area contributed by atoms with Gasteiger partial charge in [-0.05, 0) is 37.1 Å². The maximum absolute atomic E-state index is 13.0. The lowest BCUT2D eigenvalue weighted by atomic mass is 9.84. The molecule has 3 aromatic carbocycles. The molecule has 38 heavy (non-hydrogen) atoms. The van der Waals surface area contributed by atoms with Crippen LogP contribution in [0.4, 0.5) is 16.2 Å². The SMILES string of the molecule is Cl.O=C(CN1CCC(N2C(=O)OCc3ccccc32)CC1)Nc1ccc2c(c1)C(=O)c1ccccc1C2=O. The van der Waals surface area contributed by atoms with Crippen LogP contribution in [-0.2, 0) is 16.1 Å². The van der Waals surface area contributed by atoms with E-state index < -0.39 is 0 Å². The number of cyclic esters (lactones) is 1. The smallest absolute Gasteiger partial charge is 0.414 e. The number of halogens is 1. The first kappa shape index (κ1) is 25.6. The fraction of sp³-hybridized carbons (Fsp3) is 0.241. The molecule has 1 fully saturated rings. The van der Waals surface area contributed by atoms with Crippen LogP contribution in [0.1, 0.15) is 50.2 Å². The quantitative estimate of drug-likeness (QED) is 0.418. The highest BCUT2D eigenvalue weighted by Gasteiger charge is 2.34. The molecule has 0 unspecified atom stereocenters. The number of ether oxygens (including phenoxy) is 1. The molecule has 0 atom stereocenters. The molecule has 0 spiro atoms. The Labute approximate surface area is 226 Å². The highest BCUT2D eigenvalue weighted by Crippen LogP contribution is 2.32. The molecule has 1 N–H and O–H groups in total. The zero-order valence-electron chi connectivity index (χ0n) is 20.5. The maximum atomic E-state index is 13.0. The molecule has 0 radical (unpaired) electrons. The minimum atomic E-state index is -0.321. The minimum absolute atomic E-state index is 0. The van der Waals surface area contributed by atoms with Gasteiger partial charge < -0.3 is 10.1 Å². The first-order chi connectivity index (χ1) is 18.0. The number of carbonyl (C=O) groups excluding carboxylic acids is 4. The molecule has 3 aromatic rings. The molecule has 194 valence electrons. The number of carbonyl (C=O) groups is 4. The van der Waals surface area contributed by atoms with Crippen molar-refractivity contribution in [1.82, 2.24) is 4.90 Å². The fourth-order valence-corrected chi connectivity index (χ4v) is 5.44. The van der Waals surface area contributed by atoms with E-state index in [2.05, 4.69) is 10.2 Å². The van der Waals surface area contributed by atoms with Gasteiger partial charge in [-0.2, -0.15) is 0 Å². The molecule has 1 saturated heterocycles. The molecule has 3 aliphatic rings. The highest BCUT2D eigenvalue weighted by atomic mass is 35.5. The van der Waals surface area contributed by atoms with E-state index in [9.17, 15) is 19.2 Å². The van der Waals surface area contributed by atoms with E-state index in [4.69, 9.17) is 4.74 Å². The molecule has 2 heterocycles. The van der Waals surface area contributed by atoms with E-state index >= 15 is 0 Å². The number of piperidine rings is 1. The molecule has 0 aromatic heterocycles. The van der Waals surface area contributed by atoms with Crippen LogP contribution in [0.25, 0.3) is 0 Å². The van der Waals surface area contributed by atoms with Crippen molar-refractivity contribution in [3.63, 3.8) is 0 Å². The van der Waals surface area contributed by atoms with E-state index in [0.29, 0.717) is 47.6 Å². The number of rotatable bonds is 4. The molecule has 1 aliphatic carbocycles. The third-order valence-electron chi connectivity index (χ3n) is 7.30. The lowest BCUT2D eigenvalue weighted by Crippen LogP contribution is -2.50. The standard InChI is InChI=1S/C29H25N3O5.ClH/c33-26(30-19-9-10-23-24(15-19)28(35)22-7-3-2-6-21(22)27(23)34)16-31-13-11-20(12-14-31)32-25-8-4-1-5-18(25)17-37-29(32)36;/h1-10,15,20H,11-14,16-17H2,(H,30,33);1H. The van der Waals surface area contributed by atoms with Crippen molar-refractivity contribution in [2.75, 3.05) is 29.9 Å². The van der Waals surface area contributed by atoms with Gasteiger partial charge in [-0.3, -0.25) is 24.2 Å². The minimum Gasteiger partial charge on any atom is -0.444 e. The molecule has 0 bridgehead atoms. The van der Waals surface area contributed by atoms with Gasteiger partial charge in [0.05, 0.1) is 12.2 Å². The first-order valence-electron chi connectivity index (χ1n) is 12.4. The van der Waals surface area contributed by atoms with Crippen LogP contribution in [0.5, 0.6) is 0 Å². The van der Waals surface area contributed by atoms with Gasteiger partial charge in [0.1, 0.15) is 6.61 Å². The number of hydrogen-bond acceptors (Lipinski definition) is 6. The summed E-state index contributed by atoms with van der Waals surface area (Å²) in [4.78, 5) is 54.9. The van der Waals surface area contributed by atoms with Crippen LogP contribution < -0.4 is 10.2 Å². The van der Waals surface area contributed by atoms with Gasteiger partial charge in [0.2, 0.25) is 5.91 Å². The summed E-state index contributed by atoms with van der Waals surface area (Å²) < 4.78 is 5.37. The van der Waals surface area contributed by atoms with E-state index in [1.54, 1.807) is 47.4 Å². The van der Waals surface area contributed by atoms with Crippen molar-refractivity contribution in [3.05, 3.63) is 94.5 Å². The van der Waals surface area contributed by atoms with Gasteiger partial charge in [0.15, 0.2) is 11.6 Å². The van der Waals surface area contributed by atoms with Crippen molar-refractivity contribution in [2.24, 2.45) is 0 Å². The number of likely N-dealkylation sites (tertiary alicyclic amines) is 1. The van der Waals surface area contributed by atoms with Gasteiger partial charge in [-0.15, -0.1) is 12.4 Å². The van der Waals surface area contributed by atoms with Crippen LogP contribution in [0.15, 0.2) is 66.7 Å². The maximum Gasteiger partial charge on any atom is 0.414 e. The second kappa shape index (κ2) is 10.4. The van der Waals surface area contributed by atoms with Crippen molar-refractivity contribution in [3.8, 4) is 0 Å². The van der Waals surface area contributed by atoms with Gasteiger partial charge >= 0.3 is 6.09 Å². The largest absolute Gasteiger partial charge is 0.444 e. The van der Waals surface area contributed by atoms with Gasteiger partial charge in [0, 0.05) is 52.6 Å². The Morgan fingerprint density at radius 3 is 2.21 bits per heavy atom. The summed E-state index contributed by atoms with van der Waals surface area (Å²) in [5.74, 6) is -0.608. The number of anilines is 2. The first-order valence-corrected chi connectivity index (χ1v) is 12.4. The molecule has 2 aliphatic heterocycles. The van der Waals surface area contributed by atoms with Crippen molar-refractivity contribution in [1.29, 1.82) is 0 Å². The summed E-state index contributed by atoms with van der Waals surface area (Å²) in [7, 11) is 0. The normalized spacial score (nSPS) is 17.1. The zero-order valence-corrected chi connectivity index (χ0v) is 21.3. The second-order valence-electron chi connectivity index (χ2n) is 9.57. The van der Waals surface area contributed by atoms with E-state index in [0.717, 1.165) is 24.1 Å². The van der Waals surface area contributed by atoms with Gasteiger partial charge in [-0.1, -0.05) is 42.5 Å². The van der Waals surface area contributed by atoms with Crippen LogP contribution in [-0.4, -0.2) is 54.1 Å². The second-order valence-corrected chi connectivity index (χ2v) is 9.57.